The molecule has 0 amide bonds. The molecule has 0 fully saturated rings. The maximum Gasteiger partial charge on any atom is 0.184 e. The van der Waals surface area contributed by atoms with Crippen molar-refractivity contribution < 1.29 is 12.8 Å². The molecule has 0 N–H and O–H groups in total. The Morgan fingerprint density at radius 3 is 2.53 bits per heavy atom. The summed E-state index contributed by atoms with van der Waals surface area (Å²) in [5.74, 6) is -0.681. The van der Waals surface area contributed by atoms with E-state index in [2.05, 4.69) is 15.0 Å². The number of hydrogen-bond acceptors (Lipinski definition) is 6. The lowest BCUT2D eigenvalue weighted by Crippen LogP contribution is -2.06. The highest BCUT2D eigenvalue weighted by Gasteiger charge is 2.18. The van der Waals surface area contributed by atoms with Crippen LogP contribution in [0.1, 0.15) is 16.8 Å². The van der Waals surface area contributed by atoms with Crippen molar-refractivity contribution in [2.75, 3.05) is 0 Å². The molecule has 0 bridgehead atoms. The summed E-state index contributed by atoms with van der Waals surface area (Å²) in [6, 6.07) is 20.3. The van der Waals surface area contributed by atoms with Crippen LogP contribution in [0.15, 0.2) is 90.3 Å². The summed E-state index contributed by atoms with van der Waals surface area (Å²) < 4.78 is 39.9. The number of fused-ring (bicyclic) bond motifs is 1. The van der Waals surface area contributed by atoms with Gasteiger partial charge in [0, 0.05) is 23.3 Å². The number of hydrogen-bond donors (Lipinski definition) is 0. The van der Waals surface area contributed by atoms with Crippen LogP contribution in [-0.4, -0.2) is 23.4 Å². The Kier molecular flexibility index (Phi) is 6.00. The molecular formula is C28H19FN4O2S. The molecule has 36 heavy (non-hydrogen) atoms. The molecule has 0 saturated heterocycles. The monoisotopic (exact) mass is 494 g/mol. The molecule has 2 aromatic heterocycles. The largest absolute Gasteiger partial charge is 0.256 e. The molecule has 0 aliphatic heterocycles. The first-order valence-corrected chi connectivity index (χ1v) is 12.7. The number of rotatable bonds is 5. The van der Waals surface area contributed by atoms with Crippen LogP contribution in [0.3, 0.4) is 0 Å². The molecular weight excluding hydrogens is 475 g/mol. The second kappa shape index (κ2) is 9.29. The Morgan fingerprint density at radius 2 is 1.78 bits per heavy atom. The Hall–Kier alpha value is -4.48. The van der Waals surface area contributed by atoms with Crippen LogP contribution < -0.4 is 0 Å². The molecule has 6 nitrogen and oxygen atoms in total. The summed E-state index contributed by atoms with van der Waals surface area (Å²) in [5, 5.41) is 10.7. The van der Waals surface area contributed by atoms with Gasteiger partial charge in [-0.15, -0.1) is 0 Å². The number of aryl methyl sites for hydroxylation is 1. The number of nitriles is 1. The summed E-state index contributed by atoms with van der Waals surface area (Å²) >= 11 is 0. The fourth-order valence-electron chi connectivity index (χ4n) is 4.18. The SMILES string of the molecule is Cc1cc(-c2cc(F)cc(C#N)c2)ccc1-c1nccc2cc(S(=O)(=O)Cc3ccncn3)ccc12. The number of benzene rings is 3. The predicted molar refractivity (Wildman–Crippen MR) is 135 cm³/mol. The van der Waals surface area contributed by atoms with Gasteiger partial charge in [-0.1, -0.05) is 24.3 Å². The number of pyridine rings is 1. The zero-order valence-corrected chi connectivity index (χ0v) is 20.0. The molecule has 0 spiro atoms. The molecule has 3 aromatic carbocycles. The minimum Gasteiger partial charge on any atom is -0.256 e. The zero-order chi connectivity index (χ0) is 25.3. The van der Waals surface area contributed by atoms with Gasteiger partial charge >= 0.3 is 0 Å². The molecule has 2 heterocycles. The average Bonchev–Trinajstić information content (AvgIpc) is 2.88. The van der Waals surface area contributed by atoms with Crippen molar-refractivity contribution in [3.8, 4) is 28.5 Å². The Morgan fingerprint density at radius 1 is 0.917 bits per heavy atom. The third-order valence-electron chi connectivity index (χ3n) is 5.92. The third-order valence-corrected chi connectivity index (χ3v) is 7.57. The first-order valence-electron chi connectivity index (χ1n) is 11.0. The molecule has 0 aliphatic rings. The maximum atomic E-state index is 13.9. The van der Waals surface area contributed by atoms with E-state index in [1.165, 1.54) is 24.7 Å². The van der Waals surface area contributed by atoms with Crippen LogP contribution in [0.25, 0.3) is 33.2 Å². The van der Waals surface area contributed by atoms with Crippen molar-refractivity contribution in [2.45, 2.75) is 17.6 Å². The van der Waals surface area contributed by atoms with Crippen LogP contribution >= 0.6 is 0 Å². The molecule has 176 valence electrons. The lowest BCUT2D eigenvalue weighted by Gasteiger charge is -2.12. The lowest BCUT2D eigenvalue weighted by molar-refractivity contribution is 0.594. The van der Waals surface area contributed by atoms with Crippen LogP contribution in [-0.2, 0) is 15.6 Å². The standard InChI is InChI=1S/C28H19FN4O2S/c1-18-10-20(22-11-19(15-30)12-23(29)13-22)2-4-26(18)28-27-5-3-25(14-21(27)6-9-32-28)36(34,35)16-24-7-8-31-17-33-24/h2-14,17H,16H2,1H3. The van der Waals surface area contributed by atoms with Crippen molar-refractivity contribution in [1.29, 1.82) is 5.26 Å². The normalized spacial score (nSPS) is 11.4. The summed E-state index contributed by atoms with van der Waals surface area (Å²) in [6.07, 6.45) is 4.49. The second-order valence-corrected chi connectivity index (χ2v) is 10.4. The average molecular weight is 495 g/mol. The fraction of sp³-hybridized carbons (Fsp3) is 0.0714. The van der Waals surface area contributed by atoms with Crippen LogP contribution in [0.2, 0.25) is 0 Å². The fourth-order valence-corrected chi connectivity index (χ4v) is 5.48. The molecule has 0 radical (unpaired) electrons. The van der Waals surface area contributed by atoms with Crippen molar-refractivity contribution in [3.05, 3.63) is 108 Å². The van der Waals surface area contributed by atoms with Crippen molar-refractivity contribution in [3.63, 3.8) is 0 Å². The van der Waals surface area contributed by atoms with E-state index in [0.29, 0.717) is 17.0 Å². The maximum absolute atomic E-state index is 13.9. The highest BCUT2D eigenvalue weighted by Crippen LogP contribution is 2.33. The van der Waals surface area contributed by atoms with Crippen LogP contribution in [0.4, 0.5) is 4.39 Å². The number of sulfone groups is 1. The van der Waals surface area contributed by atoms with E-state index >= 15 is 0 Å². The third kappa shape index (κ3) is 4.57. The van der Waals surface area contributed by atoms with E-state index in [1.807, 2.05) is 31.2 Å². The summed E-state index contributed by atoms with van der Waals surface area (Å²) in [7, 11) is -3.60. The minimum atomic E-state index is -3.60. The van der Waals surface area contributed by atoms with E-state index in [9.17, 15) is 12.8 Å². The summed E-state index contributed by atoms with van der Waals surface area (Å²) in [4.78, 5) is 12.6. The lowest BCUT2D eigenvalue weighted by atomic mass is 9.95. The molecule has 0 unspecified atom stereocenters. The Labute approximate surface area is 207 Å². The van der Waals surface area contributed by atoms with Gasteiger partial charge in [-0.3, -0.25) is 4.98 Å². The van der Waals surface area contributed by atoms with E-state index < -0.39 is 15.7 Å². The quantitative estimate of drug-likeness (QED) is 0.313. The molecule has 0 saturated carbocycles. The van der Waals surface area contributed by atoms with Gasteiger partial charge in [-0.25, -0.2) is 22.8 Å². The van der Waals surface area contributed by atoms with E-state index in [-0.39, 0.29) is 16.2 Å². The van der Waals surface area contributed by atoms with Crippen LogP contribution in [0.5, 0.6) is 0 Å². The van der Waals surface area contributed by atoms with Gasteiger partial charge in [0.2, 0.25) is 0 Å². The first-order chi connectivity index (χ1) is 17.3. The second-order valence-electron chi connectivity index (χ2n) is 8.37. The number of nitrogens with zero attached hydrogens (tertiary/aromatic N) is 4. The smallest absolute Gasteiger partial charge is 0.184 e. The van der Waals surface area contributed by atoms with Crippen LogP contribution in [0, 0.1) is 24.1 Å². The number of aromatic nitrogens is 3. The minimum absolute atomic E-state index is 0.206. The van der Waals surface area contributed by atoms with Crippen molar-refractivity contribution in [2.24, 2.45) is 0 Å². The highest BCUT2D eigenvalue weighted by molar-refractivity contribution is 7.90. The van der Waals surface area contributed by atoms with Gasteiger partial charge in [0.1, 0.15) is 12.1 Å². The van der Waals surface area contributed by atoms with Gasteiger partial charge in [0.05, 0.1) is 33.7 Å². The van der Waals surface area contributed by atoms with Gasteiger partial charge in [-0.05, 0) is 71.5 Å². The van der Waals surface area contributed by atoms with Gasteiger partial charge in [0.25, 0.3) is 0 Å². The van der Waals surface area contributed by atoms with Gasteiger partial charge < -0.3 is 0 Å². The van der Waals surface area contributed by atoms with E-state index in [1.54, 1.807) is 42.6 Å². The van der Waals surface area contributed by atoms with E-state index in [0.717, 1.165) is 27.5 Å². The molecule has 0 atom stereocenters. The number of halogens is 1. The first kappa shape index (κ1) is 23.3. The Bertz CT molecular complexity index is 1760. The molecule has 0 aliphatic carbocycles. The topological polar surface area (TPSA) is 96.6 Å². The molecule has 8 heteroatoms. The Balaban J connectivity index is 1.53. The highest BCUT2D eigenvalue weighted by atomic mass is 32.2. The molecule has 5 aromatic rings. The van der Waals surface area contributed by atoms with Gasteiger partial charge in [0.15, 0.2) is 9.84 Å². The van der Waals surface area contributed by atoms with E-state index in [4.69, 9.17) is 5.26 Å². The summed E-state index contributed by atoms with van der Waals surface area (Å²) in [6.45, 7) is 1.93. The molecule has 5 rings (SSSR count). The summed E-state index contributed by atoms with van der Waals surface area (Å²) in [5.41, 5.74) is 4.59. The van der Waals surface area contributed by atoms with Gasteiger partial charge in [-0.2, -0.15) is 5.26 Å². The zero-order valence-electron chi connectivity index (χ0n) is 19.2. The predicted octanol–water partition coefficient (Wildman–Crippen LogP) is 5.65. The van der Waals surface area contributed by atoms with Crippen molar-refractivity contribution >= 4 is 20.6 Å². The van der Waals surface area contributed by atoms with Crippen molar-refractivity contribution in [1.82, 2.24) is 15.0 Å².